The van der Waals surface area contributed by atoms with Crippen LogP contribution in [0.15, 0.2) is 36.4 Å². The summed E-state index contributed by atoms with van der Waals surface area (Å²) in [5.41, 5.74) is 1.83. The second-order valence-electron chi connectivity index (χ2n) is 4.40. The average molecular weight is 282 g/mol. The Morgan fingerprint density at radius 1 is 1.05 bits per heavy atom. The van der Waals surface area contributed by atoms with Crippen LogP contribution in [0.4, 0.5) is 8.78 Å². The zero-order valence-corrected chi connectivity index (χ0v) is 11.4. The molecule has 19 heavy (non-hydrogen) atoms. The van der Waals surface area contributed by atoms with E-state index in [0.29, 0.717) is 16.1 Å². The van der Waals surface area contributed by atoms with Crippen molar-refractivity contribution in [3.8, 4) is 0 Å². The first-order valence-corrected chi connectivity index (χ1v) is 6.29. The van der Waals surface area contributed by atoms with Crippen LogP contribution >= 0.6 is 11.6 Å². The van der Waals surface area contributed by atoms with Crippen LogP contribution in [-0.4, -0.2) is 7.05 Å². The molecular weight excluding hydrogens is 268 g/mol. The van der Waals surface area contributed by atoms with Gasteiger partial charge in [-0.2, -0.15) is 0 Å². The fourth-order valence-corrected chi connectivity index (χ4v) is 2.24. The number of benzene rings is 2. The molecular formula is C15H14ClF2N. The van der Waals surface area contributed by atoms with E-state index in [4.69, 9.17) is 11.6 Å². The monoisotopic (exact) mass is 281 g/mol. The molecule has 0 aromatic heterocycles. The van der Waals surface area contributed by atoms with Crippen molar-refractivity contribution in [3.63, 3.8) is 0 Å². The van der Waals surface area contributed by atoms with Crippen LogP contribution in [0.5, 0.6) is 0 Å². The summed E-state index contributed by atoms with van der Waals surface area (Å²) in [6.45, 7) is 1.68. The van der Waals surface area contributed by atoms with E-state index in [0.717, 1.165) is 5.56 Å². The quantitative estimate of drug-likeness (QED) is 0.887. The minimum atomic E-state index is -0.381. The highest BCUT2D eigenvalue weighted by atomic mass is 35.5. The largest absolute Gasteiger partial charge is 0.309 e. The van der Waals surface area contributed by atoms with Gasteiger partial charge in [0.2, 0.25) is 0 Å². The van der Waals surface area contributed by atoms with E-state index in [1.807, 2.05) is 0 Å². The van der Waals surface area contributed by atoms with Gasteiger partial charge in [-0.05, 0) is 43.3 Å². The molecule has 0 fully saturated rings. The smallest absolute Gasteiger partial charge is 0.129 e. The Morgan fingerprint density at radius 3 is 2.37 bits per heavy atom. The summed E-state index contributed by atoms with van der Waals surface area (Å²) in [6, 6.07) is 8.97. The van der Waals surface area contributed by atoms with Gasteiger partial charge in [-0.15, -0.1) is 0 Å². The summed E-state index contributed by atoms with van der Waals surface area (Å²) in [4.78, 5) is 0. The van der Waals surface area contributed by atoms with Crippen molar-refractivity contribution < 1.29 is 8.78 Å². The van der Waals surface area contributed by atoms with Gasteiger partial charge in [0.25, 0.3) is 0 Å². The van der Waals surface area contributed by atoms with Crippen molar-refractivity contribution in [2.75, 3.05) is 7.05 Å². The van der Waals surface area contributed by atoms with E-state index in [1.165, 1.54) is 12.1 Å². The molecule has 0 spiro atoms. The Kier molecular flexibility index (Phi) is 4.17. The van der Waals surface area contributed by atoms with Gasteiger partial charge in [0.1, 0.15) is 11.6 Å². The normalized spacial score (nSPS) is 12.5. The van der Waals surface area contributed by atoms with Crippen LogP contribution in [0.1, 0.15) is 22.7 Å². The maximum Gasteiger partial charge on any atom is 0.129 e. The molecule has 0 saturated heterocycles. The number of aryl methyl sites for hydroxylation is 1. The number of halogens is 3. The van der Waals surface area contributed by atoms with Crippen LogP contribution in [0.25, 0.3) is 0 Å². The molecule has 0 aliphatic rings. The van der Waals surface area contributed by atoms with E-state index < -0.39 is 0 Å². The Bertz CT molecular complexity index is 599. The van der Waals surface area contributed by atoms with Crippen molar-refractivity contribution in [2.45, 2.75) is 13.0 Å². The predicted octanol–water partition coefficient (Wildman–Crippen LogP) is 4.24. The van der Waals surface area contributed by atoms with Crippen LogP contribution in [-0.2, 0) is 0 Å². The molecule has 0 aliphatic carbocycles. The van der Waals surface area contributed by atoms with Gasteiger partial charge in [-0.3, -0.25) is 0 Å². The minimum Gasteiger partial charge on any atom is -0.309 e. The molecule has 2 rings (SSSR count). The highest BCUT2D eigenvalue weighted by Crippen LogP contribution is 2.27. The van der Waals surface area contributed by atoms with E-state index in [9.17, 15) is 8.78 Å². The van der Waals surface area contributed by atoms with E-state index >= 15 is 0 Å². The van der Waals surface area contributed by atoms with E-state index in [-0.39, 0.29) is 17.7 Å². The lowest BCUT2D eigenvalue weighted by Crippen LogP contribution is -2.19. The number of hydrogen-bond donors (Lipinski definition) is 1. The standard InChI is InChI=1S/C15H14ClF2N/c1-9-7-10(3-6-13(9)17)15(19-2)12-5-4-11(16)8-14(12)18/h3-8,15,19H,1-2H3. The van der Waals surface area contributed by atoms with Crippen molar-refractivity contribution in [1.29, 1.82) is 0 Å². The van der Waals surface area contributed by atoms with Gasteiger partial charge in [0.15, 0.2) is 0 Å². The first-order chi connectivity index (χ1) is 9.02. The van der Waals surface area contributed by atoms with E-state index in [2.05, 4.69) is 5.32 Å². The topological polar surface area (TPSA) is 12.0 Å². The Hall–Kier alpha value is -1.45. The fraction of sp³-hybridized carbons (Fsp3) is 0.200. The Labute approximate surface area is 116 Å². The van der Waals surface area contributed by atoms with Crippen LogP contribution in [0, 0.1) is 18.6 Å². The molecule has 1 unspecified atom stereocenters. The fourth-order valence-electron chi connectivity index (χ4n) is 2.08. The average Bonchev–Trinajstić information content (AvgIpc) is 2.37. The van der Waals surface area contributed by atoms with Crippen molar-refractivity contribution in [3.05, 3.63) is 69.7 Å². The van der Waals surface area contributed by atoms with Crippen molar-refractivity contribution >= 4 is 11.6 Å². The molecule has 0 radical (unpaired) electrons. The lowest BCUT2D eigenvalue weighted by Gasteiger charge is -2.18. The first-order valence-electron chi connectivity index (χ1n) is 5.91. The SMILES string of the molecule is CNC(c1ccc(F)c(C)c1)c1ccc(Cl)cc1F. The predicted molar refractivity (Wildman–Crippen MR) is 73.4 cm³/mol. The van der Waals surface area contributed by atoms with Gasteiger partial charge in [-0.25, -0.2) is 8.78 Å². The molecule has 2 aromatic rings. The van der Waals surface area contributed by atoms with Gasteiger partial charge in [0.05, 0.1) is 6.04 Å². The third-order valence-electron chi connectivity index (χ3n) is 3.08. The lowest BCUT2D eigenvalue weighted by molar-refractivity contribution is 0.574. The summed E-state index contributed by atoms with van der Waals surface area (Å²) >= 11 is 5.75. The van der Waals surface area contributed by atoms with Gasteiger partial charge >= 0.3 is 0 Å². The van der Waals surface area contributed by atoms with Crippen molar-refractivity contribution in [2.24, 2.45) is 0 Å². The third kappa shape index (κ3) is 2.94. The molecule has 2 aromatic carbocycles. The number of rotatable bonds is 3. The minimum absolute atomic E-state index is 0.268. The third-order valence-corrected chi connectivity index (χ3v) is 3.31. The zero-order chi connectivity index (χ0) is 14.0. The molecule has 0 amide bonds. The Balaban J connectivity index is 2.46. The molecule has 0 aliphatic heterocycles. The van der Waals surface area contributed by atoms with Crippen LogP contribution in [0.2, 0.25) is 5.02 Å². The molecule has 100 valence electrons. The molecule has 0 bridgehead atoms. The summed E-state index contributed by atoms with van der Waals surface area (Å²) < 4.78 is 27.2. The maximum atomic E-state index is 14.0. The lowest BCUT2D eigenvalue weighted by atomic mass is 9.97. The zero-order valence-electron chi connectivity index (χ0n) is 10.7. The summed E-state index contributed by atoms with van der Waals surface area (Å²) in [6.07, 6.45) is 0. The highest BCUT2D eigenvalue weighted by molar-refractivity contribution is 6.30. The molecule has 4 heteroatoms. The van der Waals surface area contributed by atoms with Crippen LogP contribution < -0.4 is 5.32 Å². The second-order valence-corrected chi connectivity index (χ2v) is 4.83. The second kappa shape index (κ2) is 5.68. The molecule has 0 heterocycles. The van der Waals surface area contributed by atoms with Crippen molar-refractivity contribution in [1.82, 2.24) is 5.32 Å². The van der Waals surface area contributed by atoms with Crippen LogP contribution in [0.3, 0.4) is 0 Å². The number of hydrogen-bond acceptors (Lipinski definition) is 1. The maximum absolute atomic E-state index is 14.0. The Morgan fingerprint density at radius 2 is 1.79 bits per heavy atom. The molecule has 1 nitrogen and oxygen atoms in total. The summed E-state index contributed by atoms with van der Waals surface area (Å²) in [5.74, 6) is -0.649. The molecule has 1 N–H and O–H groups in total. The first kappa shape index (κ1) is 14.0. The molecule has 0 saturated carbocycles. The van der Waals surface area contributed by atoms with Gasteiger partial charge in [0, 0.05) is 10.6 Å². The summed E-state index contributed by atoms with van der Waals surface area (Å²) in [5, 5.41) is 3.39. The number of nitrogens with one attached hydrogen (secondary N) is 1. The van der Waals surface area contributed by atoms with Gasteiger partial charge < -0.3 is 5.32 Å². The van der Waals surface area contributed by atoms with Gasteiger partial charge in [-0.1, -0.05) is 29.8 Å². The summed E-state index contributed by atoms with van der Waals surface area (Å²) in [7, 11) is 1.73. The highest BCUT2D eigenvalue weighted by Gasteiger charge is 2.17. The molecule has 1 atom stereocenters. The van der Waals surface area contributed by atoms with E-state index in [1.54, 1.807) is 38.2 Å².